The molecule has 1 heterocycles. The maximum Gasteiger partial charge on any atom is 0.253 e. The molecular formula is C15H21N2O+. The van der Waals surface area contributed by atoms with E-state index in [2.05, 4.69) is 47.5 Å². The third-order valence-electron chi connectivity index (χ3n) is 3.23. The molecule has 18 heavy (non-hydrogen) atoms. The average molecular weight is 245 g/mol. The molecule has 0 saturated carbocycles. The largest absolute Gasteiger partial charge is 0.497 e. The van der Waals surface area contributed by atoms with Crippen molar-refractivity contribution < 1.29 is 9.30 Å². The Kier molecular flexibility index (Phi) is 4.03. The van der Waals surface area contributed by atoms with E-state index in [1.54, 1.807) is 7.11 Å². The Hall–Kier alpha value is -1.77. The zero-order chi connectivity index (χ0) is 13.0. The molecule has 0 N–H and O–H groups in total. The minimum Gasteiger partial charge on any atom is -0.497 e. The lowest BCUT2D eigenvalue weighted by molar-refractivity contribution is -0.694. The number of rotatable bonds is 5. The second kappa shape index (κ2) is 5.71. The van der Waals surface area contributed by atoms with Crippen molar-refractivity contribution in [1.82, 2.24) is 4.57 Å². The van der Waals surface area contributed by atoms with Crippen LogP contribution in [0.5, 0.6) is 5.75 Å². The van der Waals surface area contributed by atoms with E-state index < -0.39 is 0 Å². The number of ether oxygens (including phenoxy) is 1. The molecule has 0 atom stereocenters. The quantitative estimate of drug-likeness (QED) is 0.740. The van der Waals surface area contributed by atoms with Crippen LogP contribution in [0.3, 0.4) is 0 Å². The zero-order valence-electron chi connectivity index (χ0n) is 11.4. The van der Waals surface area contributed by atoms with Crippen LogP contribution in [0.15, 0.2) is 36.7 Å². The maximum atomic E-state index is 5.17. The molecule has 0 aliphatic heterocycles. The molecule has 2 aromatic rings. The lowest BCUT2D eigenvalue weighted by Crippen LogP contribution is -2.36. The predicted molar refractivity (Wildman–Crippen MR) is 71.8 cm³/mol. The van der Waals surface area contributed by atoms with Gasteiger partial charge in [-0.1, -0.05) is 19.1 Å². The Balaban J connectivity index is 2.12. The highest BCUT2D eigenvalue weighted by atomic mass is 16.5. The molecular weight excluding hydrogens is 224 g/mol. The SMILES string of the molecule is CCCn1cc[n+](Cc2ccc(OC)cc2)c1C. The molecule has 0 amide bonds. The first-order valence-corrected chi connectivity index (χ1v) is 6.42. The smallest absolute Gasteiger partial charge is 0.253 e. The fourth-order valence-corrected chi connectivity index (χ4v) is 2.11. The fraction of sp³-hybridized carbons (Fsp3) is 0.400. The summed E-state index contributed by atoms with van der Waals surface area (Å²) in [5.41, 5.74) is 1.29. The predicted octanol–water partition coefficient (Wildman–Crippen LogP) is 2.55. The van der Waals surface area contributed by atoms with Crippen molar-refractivity contribution in [2.24, 2.45) is 0 Å². The normalized spacial score (nSPS) is 10.6. The van der Waals surface area contributed by atoms with Crippen LogP contribution in [0.1, 0.15) is 24.7 Å². The van der Waals surface area contributed by atoms with Crippen LogP contribution in [0.4, 0.5) is 0 Å². The molecule has 3 heteroatoms. The van der Waals surface area contributed by atoms with E-state index in [0.717, 1.165) is 25.3 Å². The van der Waals surface area contributed by atoms with Crippen molar-refractivity contribution in [3.8, 4) is 5.75 Å². The van der Waals surface area contributed by atoms with Gasteiger partial charge in [0.05, 0.1) is 13.7 Å². The maximum absolute atomic E-state index is 5.17. The van der Waals surface area contributed by atoms with Crippen molar-refractivity contribution in [1.29, 1.82) is 0 Å². The second-order valence-electron chi connectivity index (χ2n) is 4.51. The number of benzene rings is 1. The van der Waals surface area contributed by atoms with E-state index in [-0.39, 0.29) is 0 Å². The van der Waals surface area contributed by atoms with Crippen LogP contribution >= 0.6 is 0 Å². The van der Waals surface area contributed by atoms with Gasteiger partial charge in [-0.25, -0.2) is 9.13 Å². The van der Waals surface area contributed by atoms with Crippen LogP contribution in [0.25, 0.3) is 0 Å². The molecule has 0 bridgehead atoms. The van der Waals surface area contributed by atoms with Crippen LogP contribution in [-0.4, -0.2) is 11.7 Å². The van der Waals surface area contributed by atoms with Crippen LogP contribution in [-0.2, 0) is 13.1 Å². The molecule has 0 spiro atoms. The standard InChI is InChI=1S/C15H21N2O/c1-4-9-16-10-11-17(13(16)2)12-14-5-7-15(18-3)8-6-14/h5-8,10-11H,4,9,12H2,1-3H3/q+1. The summed E-state index contributed by atoms with van der Waals surface area (Å²) < 4.78 is 9.74. The molecule has 3 nitrogen and oxygen atoms in total. The van der Waals surface area contributed by atoms with Gasteiger partial charge in [0.1, 0.15) is 24.7 Å². The van der Waals surface area contributed by atoms with Gasteiger partial charge in [-0.3, -0.25) is 0 Å². The number of methoxy groups -OCH3 is 1. The molecule has 1 aromatic heterocycles. The topological polar surface area (TPSA) is 18.0 Å². The first-order valence-electron chi connectivity index (χ1n) is 6.42. The van der Waals surface area contributed by atoms with Gasteiger partial charge >= 0.3 is 0 Å². The highest BCUT2D eigenvalue weighted by Gasteiger charge is 2.11. The van der Waals surface area contributed by atoms with E-state index in [9.17, 15) is 0 Å². The van der Waals surface area contributed by atoms with E-state index in [1.165, 1.54) is 11.4 Å². The Bertz CT molecular complexity index is 500. The number of imidazole rings is 1. The molecule has 1 aromatic carbocycles. The summed E-state index contributed by atoms with van der Waals surface area (Å²) in [6.45, 7) is 6.36. The number of aryl methyl sites for hydroxylation is 1. The molecule has 96 valence electrons. The highest BCUT2D eigenvalue weighted by molar-refractivity contribution is 5.26. The number of aromatic nitrogens is 2. The molecule has 2 rings (SSSR count). The first-order chi connectivity index (χ1) is 8.74. The van der Waals surface area contributed by atoms with Gasteiger partial charge in [0.2, 0.25) is 0 Å². The number of hydrogen-bond acceptors (Lipinski definition) is 1. The molecule has 0 aliphatic rings. The minimum atomic E-state index is 0.907. The van der Waals surface area contributed by atoms with Crippen molar-refractivity contribution in [2.75, 3.05) is 7.11 Å². The Morgan fingerprint density at radius 1 is 1.22 bits per heavy atom. The van der Waals surface area contributed by atoms with Crippen molar-refractivity contribution >= 4 is 0 Å². The molecule has 0 radical (unpaired) electrons. The monoisotopic (exact) mass is 245 g/mol. The van der Waals surface area contributed by atoms with Crippen molar-refractivity contribution in [3.63, 3.8) is 0 Å². The Morgan fingerprint density at radius 3 is 2.56 bits per heavy atom. The van der Waals surface area contributed by atoms with Crippen LogP contribution < -0.4 is 9.30 Å². The molecule has 0 unspecified atom stereocenters. The number of nitrogens with zero attached hydrogens (tertiary/aromatic N) is 2. The third-order valence-corrected chi connectivity index (χ3v) is 3.23. The molecule has 0 fully saturated rings. The Morgan fingerprint density at radius 2 is 1.94 bits per heavy atom. The summed E-state index contributed by atoms with van der Waals surface area (Å²) in [5.74, 6) is 2.21. The van der Waals surface area contributed by atoms with E-state index >= 15 is 0 Å². The van der Waals surface area contributed by atoms with Gasteiger partial charge in [0.25, 0.3) is 5.82 Å². The summed E-state index contributed by atoms with van der Waals surface area (Å²) in [4.78, 5) is 0. The first kappa shape index (κ1) is 12.7. The zero-order valence-corrected chi connectivity index (χ0v) is 11.4. The lowest BCUT2D eigenvalue weighted by atomic mass is 10.2. The summed E-state index contributed by atoms with van der Waals surface area (Å²) in [7, 11) is 1.69. The minimum absolute atomic E-state index is 0.907. The van der Waals surface area contributed by atoms with Crippen LogP contribution in [0.2, 0.25) is 0 Å². The van der Waals surface area contributed by atoms with E-state index in [4.69, 9.17) is 4.74 Å². The van der Waals surface area contributed by atoms with Crippen molar-refractivity contribution in [3.05, 3.63) is 48.0 Å². The van der Waals surface area contributed by atoms with Gasteiger partial charge in [-0.2, -0.15) is 0 Å². The summed E-state index contributed by atoms with van der Waals surface area (Å²) >= 11 is 0. The fourth-order valence-electron chi connectivity index (χ4n) is 2.11. The average Bonchev–Trinajstić information content (AvgIpc) is 2.73. The molecule has 0 saturated heterocycles. The Labute approximate surface area is 109 Å². The summed E-state index contributed by atoms with van der Waals surface area (Å²) in [6.07, 6.45) is 5.47. The van der Waals surface area contributed by atoms with Gasteiger partial charge in [0, 0.05) is 6.92 Å². The van der Waals surface area contributed by atoms with Gasteiger partial charge in [0.15, 0.2) is 0 Å². The van der Waals surface area contributed by atoms with E-state index in [1.807, 2.05) is 12.1 Å². The second-order valence-corrected chi connectivity index (χ2v) is 4.51. The van der Waals surface area contributed by atoms with E-state index in [0.29, 0.717) is 0 Å². The number of hydrogen-bond donors (Lipinski definition) is 0. The van der Waals surface area contributed by atoms with Gasteiger partial charge in [-0.05, 0) is 24.1 Å². The lowest BCUT2D eigenvalue weighted by Gasteiger charge is -2.03. The van der Waals surface area contributed by atoms with Gasteiger partial charge in [-0.15, -0.1) is 0 Å². The van der Waals surface area contributed by atoms with Gasteiger partial charge < -0.3 is 4.74 Å². The van der Waals surface area contributed by atoms with Crippen molar-refractivity contribution in [2.45, 2.75) is 33.4 Å². The molecule has 0 aliphatic carbocycles. The third kappa shape index (κ3) is 2.73. The summed E-state index contributed by atoms with van der Waals surface area (Å²) in [5, 5.41) is 0. The highest BCUT2D eigenvalue weighted by Crippen LogP contribution is 2.11. The summed E-state index contributed by atoms with van der Waals surface area (Å²) in [6, 6.07) is 8.24. The van der Waals surface area contributed by atoms with Crippen LogP contribution in [0, 0.1) is 6.92 Å².